The van der Waals surface area contributed by atoms with Crippen molar-refractivity contribution in [3.63, 3.8) is 0 Å². The molecular weight excluding hydrogens is 142 g/mol. The molecule has 0 saturated heterocycles. The normalized spacial score (nSPS) is 10.4. The molecule has 0 saturated carbocycles. The molecule has 0 aliphatic carbocycles. The number of ether oxygens (including phenoxy) is 1. The van der Waals surface area contributed by atoms with Crippen LogP contribution in [0.25, 0.3) is 0 Å². The SMILES string of the molecule is COCCn1cc(C)c(N)n1. The number of rotatable bonds is 3. The molecule has 4 nitrogen and oxygen atoms in total. The van der Waals surface area contributed by atoms with Gasteiger partial charge in [-0.05, 0) is 6.92 Å². The number of aryl methyl sites for hydroxylation is 1. The summed E-state index contributed by atoms with van der Waals surface area (Å²) in [6, 6.07) is 0. The van der Waals surface area contributed by atoms with E-state index in [0.29, 0.717) is 12.4 Å². The Labute approximate surface area is 66.0 Å². The second-order valence-electron chi connectivity index (χ2n) is 2.45. The number of nitrogens with two attached hydrogens (primary N) is 1. The Hall–Kier alpha value is -1.03. The van der Waals surface area contributed by atoms with Gasteiger partial charge >= 0.3 is 0 Å². The van der Waals surface area contributed by atoms with E-state index in [0.717, 1.165) is 12.1 Å². The molecule has 11 heavy (non-hydrogen) atoms. The third-order valence-corrected chi connectivity index (χ3v) is 1.51. The van der Waals surface area contributed by atoms with Gasteiger partial charge in [0, 0.05) is 18.9 Å². The molecule has 1 heterocycles. The van der Waals surface area contributed by atoms with Crippen LogP contribution in [-0.2, 0) is 11.3 Å². The van der Waals surface area contributed by atoms with Crippen LogP contribution in [0, 0.1) is 6.92 Å². The van der Waals surface area contributed by atoms with E-state index in [1.807, 2.05) is 13.1 Å². The first kappa shape index (κ1) is 8.07. The fourth-order valence-electron chi connectivity index (χ4n) is 0.835. The fourth-order valence-corrected chi connectivity index (χ4v) is 0.835. The van der Waals surface area contributed by atoms with Gasteiger partial charge in [0.1, 0.15) is 5.82 Å². The maximum atomic E-state index is 5.54. The quantitative estimate of drug-likeness (QED) is 0.688. The summed E-state index contributed by atoms with van der Waals surface area (Å²) in [5, 5.41) is 4.06. The Bertz CT molecular complexity index is 212. The molecule has 1 aromatic rings. The van der Waals surface area contributed by atoms with Crippen LogP contribution >= 0.6 is 0 Å². The van der Waals surface area contributed by atoms with Gasteiger partial charge in [-0.3, -0.25) is 4.68 Å². The number of hydrogen-bond acceptors (Lipinski definition) is 3. The molecule has 2 N–H and O–H groups in total. The largest absolute Gasteiger partial charge is 0.383 e. The minimum Gasteiger partial charge on any atom is -0.383 e. The molecule has 0 radical (unpaired) electrons. The zero-order valence-electron chi connectivity index (χ0n) is 6.87. The van der Waals surface area contributed by atoms with Crippen molar-refractivity contribution in [1.29, 1.82) is 0 Å². The second-order valence-corrected chi connectivity index (χ2v) is 2.45. The number of aromatic nitrogens is 2. The van der Waals surface area contributed by atoms with Gasteiger partial charge in [0.2, 0.25) is 0 Å². The number of anilines is 1. The van der Waals surface area contributed by atoms with Crippen LogP contribution in [-0.4, -0.2) is 23.5 Å². The van der Waals surface area contributed by atoms with Crippen molar-refractivity contribution in [2.45, 2.75) is 13.5 Å². The van der Waals surface area contributed by atoms with Crippen LogP contribution in [0.15, 0.2) is 6.20 Å². The summed E-state index contributed by atoms with van der Waals surface area (Å²) >= 11 is 0. The predicted octanol–water partition coefficient (Wildman–Crippen LogP) is 0.420. The average molecular weight is 155 g/mol. The maximum Gasteiger partial charge on any atom is 0.148 e. The summed E-state index contributed by atoms with van der Waals surface area (Å²) < 4.78 is 6.68. The highest BCUT2D eigenvalue weighted by atomic mass is 16.5. The summed E-state index contributed by atoms with van der Waals surface area (Å²) in [6.07, 6.45) is 1.91. The fraction of sp³-hybridized carbons (Fsp3) is 0.571. The first-order valence-corrected chi connectivity index (χ1v) is 3.52. The highest BCUT2D eigenvalue weighted by Gasteiger charge is 1.98. The maximum absolute atomic E-state index is 5.54. The van der Waals surface area contributed by atoms with Gasteiger partial charge in [-0.15, -0.1) is 0 Å². The van der Waals surface area contributed by atoms with Crippen LogP contribution in [0.1, 0.15) is 5.56 Å². The van der Waals surface area contributed by atoms with E-state index in [4.69, 9.17) is 10.5 Å². The first-order valence-electron chi connectivity index (χ1n) is 3.52. The molecular formula is C7H13N3O. The van der Waals surface area contributed by atoms with Crippen molar-refractivity contribution in [1.82, 2.24) is 9.78 Å². The molecule has 0 amide bonds. The lowest BCUT2D eigenvalue weighted by Crippen LogP contribution is -2.04. The molecule has 0 fully saturated rings. The summed E-state index contributed by atoms with van der Waals surface area (Å²) in [7, 11) is 1.67. The lowest BCUT2D eigenvalue weighted by Gasteiger charge is -1.97. The van der Waals surface area contributed by atoms with E-state index in [2.05, 4.69) is 5.10 Å². The van der Waals surface area contributed by atoms with Gasteiger partial charge in [0.05, 0.1) is 13.2 Å². The molecule has 0 aliphatic rings. The Balaban J connectivity index is 2.58. The van der Waals surface area contributed by atoms with Crippen molar-refractivity contribution in [2.24, 2.45) is 0 Å². The molecule has 1 rings (SSSR count). The van der Waals surface area contributed by atoms with E-state index < -0.39 is 0 Å². The Morgan fingerprint density at radius 3 is 2.91 bits per heavy atom. The van der Waals surface area contributed by atoms with Crippen molar-refractivity contribution >= 4 is 5.82 Å². The average Bonchev–Trinajstić information content (AvgIpc) is 2.28. The zero-order valence-corrected chi connectivity index (χ0v) is 6.87. The van der Waals surface area contributed by atoms with Gasteiger partial charge in [0.25, 0.3) is 0 Å². The number of nitrogens with zero attached hydrogens (tertiary/aromatic N) is 2. The van der Waals surface area contributed by atoms with E-state index in [-0.39, 0.29) is 0 Å². The van der Waals surface area contributed by atoms with E-state index >= 15 is 0 Å². The Kier molecular flexibility index (Phi) is 2.48. The molecule has 0 aromatic carbocycles. The third-order valence-electron chi connectivity index (χ3n) is 1.51. The van der Waals surface area contributed by atoms with Gasteiger partial charge in [-0.25, -0.2) is 0 Å². The summed E-state index contributed by atoms with van der Waals surface area (Å²) in [4.78, 5) is 0. The van der Waals surface area contributed by atoms with Gasteiger partial charge in [-0.1, -0.05) is 0 Å². The minimum absolute atomic E-state index is 0.598. The highest BCUT2D eigenvalue weighted by molar-refractivity contribution is 5.35. The first-order chi connectivity index (χ1) is 5.24. The highest BCUT2D eigenvalue weighted by Crippen LogP contribution is 2.05. The molecule has 0 unspecified atom stereocenters. The smallest absolute Gasteiger partial charge is 0.148 e. The van der Waals surface area contributed by atoms with Gasteiger partial charge < -0.3 is 10.5 Å². The molecule has 0 bridgehead atoms. The van der Waals surface area contributed by atoms with Crippen LogP contribution in [0.3, 0.4) is 0 Å². The molecule has 4 heteroatoms. The van der Waals surface area contributed by atoms with Crippen molar-refractivity contribution in [2.75, 3.05) is 19.5 Å². The molecule has 62 valence electrons. The molecule has 0 atom stereocenters. The summed E-state index contributed by atoms with van der Waals surface area (Å²) in [5.41, 5.74) is 6.55. The molecule has 0 spiro atoms. The van der Waals surface area contributed by atoms with Gasteiger partial charge in [-0.2, -0.15) is 5.10 Å². The monoisotopic (exact) mass is 155 g/mol. The summed E-state index contributed by atoms with van der Waals surface area (Å²) in [6.45, 7) is 3.36. The van der Waals surface area contributed by atoms with Crippen LogP contribution in [0.5, 0.6) is 0 Å². The standard InChI is InChI=1S/C7H13N3O/c1-6-5-10(3-4-11-2)9-7(6)8/h5H,3-4H2,1-2H3,(H2,8,9). The lowest BCUT2D eigenvalue weighted by atomic mass is 10.4. The van der Waals surface area contributed by atoms with E-state index in [1.165, 1.54) is 0 Å². The Morgan fingerprint density at radius 2 is 2.45 bits per heavy atom. The third kappa shape index (κ3) is 1.94. The Morgan fingerprint density at radius 1 is 1.73 bits per heavy atom. The number of hydrogen-bond donors (Lipinski definition) is 1. The topological polar surface area (TPSA) is 53.1 Å². The molecule has 1 aromatic heterocycles. The number of nitrogen functional groups attached to an aromatic ring is 1. The van der Waals surface area contributed by atoms with Crippen LogP contribution in [0.4, 0.5) is 5.82 Å². The predicted molar refractivity (Wildman–Crippen MR) is 43.3 cm³/mol. The van der Waals surface area contributed by atoms with Crippen molar-refractivity contribution in [3.8, 4) is 0 Å². The minimum atomic E-state index is 0.598. The van der Waals surface area contributed by atoms with Crippen LogP contribution < -0.4 is 5.73 Å². The van der Waals surface area contributed by atoms with Crippen LogP contribution in [0.2, 0.25) is 0 Å². The zero-order chi connectivity index (χ0) is 8.27. The number of methoxy groups -OCH3 is 1. The second kappa shape index (κ2) is 3.39. The van der Waals surface area contributed by atoms with Crippen molar-refractivity contribution < 1.29 is 4.74 Å². The van der Waals surface area contributed by atoms with E-state index in [9.17, 15) is 0 Å². The lowest BCUT2D eigenvalue weighted by molar-refractivity contribution is 0.183. The van der Waals surface area contributed by atoms with Gasteiger partial charge in [0.15, 0.2) is 0 Å². The summed E-state index contributed by atoms with van der Waals surface area (Å²) in [5.74, 6) is 0.598. The van der Waals surface area contributed by atoms with E-state index in [1.54, 1.807) is 11.8 Å². The van der Waals surface area contributed by atoms with Crippen molar-refractivity contribution in [3.05, 3.63) is 11.8 Å². The molecule has 0 aliphatic heterocycles.